The van der Waals surface area contributed by atoms with Crippen molar-refractivity contribution in [1.29, 1.82) is 0 Å². The van der Waals surface area contributed by atoms with E-state index < -0.39 is 11.7 Å². The zero-order valence-electron chi connectivity index (χ0n) is 12.7. The van der Waals surface area contributed by atoms with Crippen LogP contribution in [0, 0.1) is 0 Å². The van der Waals surface area contributed by atoms with Crippen molar-refractivity contribution in [2.45, 2.75) is 52.2 Å². The van der Waals surface area contributed by atoms with Crippen molar-refractivity contribution >= 4 is 27.7 Å². The fraction of sp³-hybridized carbons (Fsp3) is 0.533. The molecule has 4 nitrogen and oxygen atoms in total. The van der Waals surface area contributed by atoms with E-state index in [9.17, 15) is 4.79 Å². The molecule has 112 valence electrons. The first kappa shape index (κ1) is 17.0. The minimum absolute atomic E-state index is 0.295. The number of nitrogens with one attached hydrogen (secondary N) is 1. The Kier molecular flexibility index (Phi) is 5.21. The van der Waals surface area contributed by atoms with Gasteiger partial charge in [0, 0.05) is 10.0 Å². The predicted octanol–water partition coefficient (Wildman–Crippen LogP) is 4.08. The number of rotatable bonds is 3. The van der Waals surface area contributed by atoms with Crippen molar-refractivity contribution in [1.82, 2.24) is 0 Å². The van der Waals surface area contributed by atoms with Crippen LogP contribution in [0.2, 0.25) is 0 Å². The molecule has 1 rings (SSSR count). The topological polar surface area (TPSA) is 64.3 Å². The summed E-state index contributed by atoms with van der Waals surface area (Å²) in [6.45, 7) is 9.42. The minimum Gasteiger partial charge on any atom is -0.444 e. The van der Waals surface area contributed by atoms with Crippen molar-refractivity contribution in [2.24, 2.45) is 5.73 Å². The third kappa shape index (κ3) is 6.39. The number of hydrogen-bond donors (Lipinski definition) is 2. The normalized spacial score (nSPS) is 12.2. The van der Waals surface area contributed by atoms with Gasteiger partial charge in [0.2, 0.25) is 0 Å². The molecule has 0 heterocycles. The van der Waals surface area contributed by atoms with Crippen molar-refractivity contribution in [3.63, 3.8) is 0 Å². The summed E-state index contributed by atoms with van der Waals surface area (Å²) in [6, 6.07) is 5.79. The van der Waals surface area contributed by atoms with Gasteiger partial charge in [0.25, 0.3) is 0 Å². The molecule has 0 saturated carbocycles. The molecule has 0 radical (unpaired) electrons. The summed E-state index contributed by atoms with van der Waals surface area (Å²) in [4.78, 5) is 11.8. The van der Waals surface area contributed by atoms with E-state index in [4.69, 9.17) is 10.5 Å². The van der Waals surface area contributed by atoms with Crippen molar-refractivity contribution in [2.75, 3.05) is 5.32 Å². The summed E-state index contributed by atoms with van der Waals surface area (Å²) >= 11 is 3.42. The maximum Gasteiger partial charge on any atom is 0.412 e. The summed E-state index contributed by atoms with van der Waals surface area (Å²) in [5.41, 5.74) is 6.94. The van der Waals surface area contributed by atoms with E-state index in [0.29, 0.717) is 5.69 Å². The number of anilines is 1. The van der Waals surface area contributed by atoms with E-state index in [1.807, 2.05) is 52.8 Å². The highest BCUT2D eigenvalue weighted by atomic mass is 79.9. The summed E-state index contributed by atoms with van der Waals surface area (Å²) in [5, 5.41) is 2.74. The maximum atomic E-state index is 11.8. The Bertz CT molecular complexity index is 488. The average Bonchev–Trinajstić information content (AvgIpc) is 2.18. The van der Waals surface area contributed by atoms with Crippen LogP contribution in [0.3, 0.4) is 0 Å². The van der Waals surface area contributed by atoms with Crippen LogP contribution >= 0.6 is 15.9 Å². The monoisotopic (exact) mass is 342 g/mol. The fourth-order valence-electron chi connectivity index (χ4n) is 1.72. The van der Waals surface area contributed by atoms with Gasteiger partial charge in [0.05, 0.1) is 5.69 Å². The molecule has 0 aliphatic heterocycles. The van der Waals surface area contributed by atoms with Gasteiger partial charge in [-0.1, -0.05) is 6.07 Å². The van der Waals surface area contributed by atoms with Gasteiger partial charge in [0.1, 0.15) is 5.60 Å². The van der Waals surface area contributed by atoms with E-state index in [-0.39, 0.29) is 5.54 Å². The van der Waals surface area contributed by atoms with Crippen LogP contribution in [0.5, 0.6) is 0 Å². The average molecular weight is 343 g/mol. The van der Waals surface area contributed by atoms with E-state index in [0.717, 1.165) is 16.5 Å². The Morgan fingerprint density at radius 1 is 1.30 bits per heavy atom. The summed E-state index contributed by atoms with van der Waals surface area (Å²) in [5.74, 6) is 0. The molecule has 0 spiro atoms. The lowest BCUT2D eigenvalue weighted by Crippen LogP contribution is -2.34. The van der Waals surface area contributed by atoms with Crippen LogP contribution in [0.4, 0.5) is 10.5 Å². The first-order valence-corrected chi connectivity index (χ1v) is 7.33. The van der Waals surface area contributed by atoms with Crippen LogP contribution in [-0.2, 0) is 11.2 Å². The number of nitrogens with two attached hydrogens (primary N) is 1. The second-order valence-corrected chi connectivity index (χ2v) is 7.46. The predicted molar refractivity (Wildman–Crippen MR) is 86.0 cm³/mol. The number of ether oxygens (including phenoxy) is 1. The first-order valence-electron chi connectivity index (χ1n) is 6.54. The van der Waals surface area contributed by atoms with E-state index in [1.165, 1.54) is 0 Å². The highest BCUT2D eigenvalue weighted by Gasteiger charge is 2.18. The lowest BCUT2D eigenvalue weighted by atomic mass is 9.96. The molecule has 0 saturated heterocycles. The van der Waals surface area contributed by atoms with Gasteiger partial charge in [-0.2, -0.15) is 0 Å². The molecule has 1 aromatic carbocycles. The fourth-order valence-corrected chi connectivity index (χ4v) is 2.06. The number of carbonyl (C=O) groups excluding carboxylic acids is 1. The first-order chi connectivity index (χ1) is 8.96. The maximum absolute atomic E-state index is 11.8. The van der Waals surface area contributed by atoms with Gasteiger partial charge >= 0.3 is 6.09 Å². The number of benzene rings is 1. The van der Waals surface area contributed by atoms with Gasteiger partial charge in [-0.05, 0) is 74.7 Å². The molecule has 5 heteroatoms. The van der Waals surface area contributed by atoms with Crippen LogP contribution in [0.25, 0.3) is 0 Å². The second kappa shape index (κ2) is 6.14. The summed E-state index contributed by atoms with van der Waals surface area (Å²) < 4.78 is 6.05. The summed E-state index contributed by atoms with van der Waals surface area (Å²) in [7, 11) is 0. The molecule has 0 bridgehead atoms. The van der Waals surface area contributed by atoms with E-state index >= 15 is 0 Å². The van der Waals surface area contributed by atoms with Crippen LogP contribution in [-0.4, -0.2) is 17.2 Å². The quantitative estimate of drug-likeness (QED) is 0.869. The highest BCUT2D eigenvalue weighted by molar-refractivity contribution is 9.10. The number of halogens is 1. The number of hydrogen-bond acceptors (Lipinski definition) is 3. The van der Waals surface area contributed by atoms with Gasteiger partial charge < -0.3 is 10.5 Å². The van der Waals surface area contributed by atoms with Gasteiger partial charge in [-0.3, -0.25) is 5.32 Å². The zero-order chi connectivity index (χ0) is 15.6. The number of carbonyl (C=O) groups is 1. The molecule has 0 unspecified atom stereocenters. The third-order valence-corrected chi connectivity index (χ3v) is 3.02. The standard InChI is InChI=1S/C15H23BrN2O2/c1-14(2,3)20-13(19)18-12-8-10(6-7-11(12)16)9-15(4,5)17/h6-8H,9,17H2,1-5H3,(H,18,19). The van der Waals surface area contributed by atoms with Gasteiger partial charge in [-0.25, -0.2) is 4.79 Å². The largest absolute Gasteiger partial charge is 0.444 e. The van der Waals surface area contributed by atoms with Crippen molar-refractivity contribution in [3.05, 3.63) is 28.2 Å². The molecule has 20 heavy (non-hydrogen) atoms. The van der Waals surface area contributed by atoms with Gasteiger partial charge in [-0.15, -0.1) is 0 Å². The van der Waals surface area contributed by atoms with Crippen LogP contribution in [0.15, 0.2) is 22.7 Å². The Labute approximate surface area is 129 Å². The Morgan fingerprint density at radius 2 is 1.90 bits per heavy atom. The molecule has 0 fully saturated rings. The molecule has 0 aliphatic carbocycles. The molecule has 0 aromatic heterocycles. The molecule has 1 aromatic rings. The molecule has 3 N–H and O–H groups in total. The second-order valence-electron chi connectivity index (χ2n) is 6.61. The summed E-state index contributed by atoms with van der Waals surface area (Å²) in [6.07, 6.45) is 0.255. The molecule has 1 amide bonds. The molecular weight excluding hydrogens is 320 g/mol. The van der Waals surface area contributed by atoms with E-state index in [2.05, 4.69) is 21.2 Å². The Balaban J connectivity index is 2.84. The third-order valence-electron chi connectivity index (χ3n) is 2.33. The lowest BCUT2D eigenvalue weighted by molar-refractivity contribution is 0.0636. The Morgan fingerprint density at radius 3 is 2.40 bits per heavy atom. The van der Waals surface area contributed by atoms with Crippen LogP contribution in [0.1, 0.15) is 40.2 Å². The zero-order valence-corrected chi connectivity index (χ0v) is 14.3. The number of amides is 1. The highest BCUT2D eigenvalue weighted by Crippen LogP contribution is 2.25. The minimum atomic E-state index is -0.520. The SMILES string of the molecule is CC(C)(N)Cc1ccc(Br)c(NC(=O)OC(C)(C)C)c1. The molecule has 0 atom stereocenters. The Hall–Kier alpha value is -1.07. The van der Waals surface area contributed by atoms with Gasteiger partial charge in [0.15, 0.2) is 0 Å². The van der Waals surface area contributed by atoms with Crippen molar-refractivity contribution < 1.29 is 9.53 Å². The molecule has 0 aliphatic rings. The van der Waals surface area contributed by atoms with Crippen LogP contribution < -0.4 is 11.1 Å². The van der Waals surface area contributed by atoms with E-state index in [1.54, 1.807) is 0 Å². The van der Waals surface area contributed by atoms with Crippen molar-refractivity contribution in [3.8, 4) is 0 Å². The smallest absolute Gasteiger partial charge is 0.412 e. The lowest BCUT2D eigenvalue weighted by Gasteiger charge is -2.21. The molecular formula is C15H23BrN2O2.